The molecule has 16 heavy (non-hydrogen) atoms. The van der Waals surface area contributed by atoms with E-state index in [0.717, 1.165) is 12.8 Å². The molecule has 88 valence electrons. The highest BCUT2D eigenvalue weighted by Gasteiger charge is 2.27. The maximum absolute atomic E-state index is 11.7. The lowest BCUT2D eigenvalue weighted by Crippen LogP contribution is -2.34. The second kappa shape index (κ2) is 4.13. The molecule has 2 unspecified atom stereocenters. The number of H-pyrrole nitrogens is 1. The van der Waals surface area contributed by atoms with Crippen LogP contribution >= 0.6 is 0 Å². The van der Waals surface area contributed by atoms with Gasteiger partial charge in [-0.25, -0.2) is 9.48 Å². The van der Waals surface area contributed by atoms with E-state index in [1.807, 2.05) is 0 Å². The number of rotatable bonds is 2. The Morgan fingerprint density at radius 1 is 1.44 bits per heavy atom. The number of aromatic nitrogens is 2. The van der Waals surface area contributed by atoms with Gasteiger partial charge in [-0.15, -0.1) is 0 Å². The molecule has 0 amide bonds. The van der Waals surface area contributed by atoms with Gasteiger partial charge in [0.1, 0.15) is 5.56 Å². The van der Waals surface area contributed by atoms with Crippen molar-refractivity contribution in [2.75, 3.05) is 0 Å². The van der Waals surface area contributed by atoms with Gasteiger partial charge in [0, 0.05) is 6.20 Å². The number of aliphatic hydroxyl groups excluding tert-OH is 1. The third-order valence-electron chi connectivity index (χ3n) is 3.05. The maximum atomic E-state index is 11.7. The average molecular weight is 226 g/mol. The number of hydrogen-bond donors (Lipinski definition) is 3. The molecule has 1 aromatic rings. The van der Waals surface area contributed by atoms with Gasteiger partial charge in [-0.3, -0.25) is 4.79 Å². The van der Waals surface area contributed by atoms with Crippen molar-refractivity contribution in [1.82, 2.24) is 9.78 Å². The molecular weight excluding hydrogens is 212 g/mol. The van der Waals surface area contributed by atoms with Gasteiger partial charge < -0.3 is 15.3 Å². The highest BCUT2D eigenvalue weighted by atomic mass is 16.4. The van der Waals surface area contributed by atoms with Crippen LogP contribution in [0.3, 0.4) is 0 Å². The van der Waals surface area contributed by atoms with Crippen molar-refractivity contribution < 1.29 is 15.0 Å². The van der Waals surface area contributed by atoms with E-state index >= 15 is 0 Å². The van der Waals surface area contributed by atoms with Crippen LogP contribution in [0.4, 0.5) is 0 Å². The monoisotopic (exact) mass is 226 g/mol. The minimum absolute atomic E-state index is 0.280. The summed E-state index contributed by atoms with van der Waals surface area (Å²) in [6.45, 7) is 0. The zero-order valence-corrected chi connectivity index (χ0v) is 8.72. The number of aromatic carboxylic acids is 1. The van der Waals surface area contributed by atoms with Crippen LogP contribution in [0.15, 0.2) is 11.0 Å². The predicted octanol–water partition coefficient (Wildman–Crippen LogP) is 0.351. The van der Waals surface area contributed by atoms with Gasteiger partial charge in [0.15, 0.2) is 0 Å². The third kappa shape index (κ3) is 1.76. The first-order valence-electron chi connectivity index (χ1n) is 5.32. The molecule has 3 N–H and O–H groups in total. The number of hydrogen-bond acceptors (Lipinski definition) is 3. The Morgan fingerprint density at radius 3 is 2.69 bits per heavy atom. The minimum Gasteiger partial charge on any atom is -0.477 e. The van der Waals surface area contributed by atoms with Gasteiger partial charge >= 0.3 is 5.97 Å². The van der Waals surface area contributed by atoms with Crippen LogP contribution in [-0.4, -0.2) is 32.1 Å². The smallest absolute Gasteiger partial charge is 0.342 e. The van der Waals surface area contributed by atoms with E-state index in [9.17, 15) is 14.7 Å². The largest absolute Gasteiger partial charge is 0.477 e. The van der Waals surface area contributed by atoms with Crippen molar-refractivity contribution >= 4 is 5.97 Å². The molecule has 1 heterocycles. The number of aromatic amines is 1. The topological polar surface area (TPSA) is 95.3 Å². The Labute approximate surface area is 91.5 Å². The van der Waals surface area contributed by atoms with E-state index in [-0.39, 0.29) is 11.6 Å². The molecular formula is C10H14N2O4. The average Bonchev–Trinajstić information content (AvgIpc) is 2.61. The van der Waals surface area contributed by atoms with Crippen LogP contribution in [0.1, 0.15) is 42.1 Å². The van der Waals surface area contributed by atoms with E-state index in [0.29, 0.717) is 12.8 Å². The van der Waals surface area contributed by atoms with Gasteiger partial charge in [0.05, 0.1) is 12.1 Å². The second-order valence-corrected chi connectivity index (χ2v) is 4.09. The zero-order chi connectivity index (χ0) is 11.7. The summed E-state index contributed by atoms with van der Waals surface area (Å²) in [7, 11) is 0. The number of nitrogens with zero attached hydrogens (tertiary/aromatic N) is 1. The SMILES string of the molecule is O=C(O)c1c[nH]n(C2CCCCC2O)c1=O. The number of nitrogens with one attached hydrogen (secondary N) is 1. The third-order valence-corrected chi connectivity index (χ3v) is 3.05. The molecule has 0 aliphatic heterocycles. The molecule has 0 saturated heterocycles. The molecule has 0 bridgehead atoms. The lowest BCUT2D eigenvalue weighted by molar-refractivity contribution is 0.0658. The zero-order valence-electron chi connectivity index (χ0n) is 8.72. The van der Waals surface area contributed by atoms with Crippen molar-refractivity contribution in [2.45, 2.75) is 37.8 Å². The quantitative estimate of drug-likeness (QED) is 0.678. The molecule has 0 radical (unpaired) electrons. The summed E-state index contributed by atoms with van der Waals surface area (Å²) in [5.74, 6) is -1.25. The summed E-state index contributed by atoms with van der Waals surface area (Å²) in [6.07, 6.45) is 3.83. The van der Waals surface area contributed by atoms with Crippen molar-refractivity contribution in [2.24, 2.45) is 0 Å². The van der Waals surface area contributed by atoms with Gasteiger partial charge in [-0.2, -0.15) is 0 Å². The Balaban J connectivity index is 2.33. The fraction of sp³-hybridized carbons (Fsp3) is 0.600. The van der Waals surface area contributed by atoms with Gasteiger partial charge in [0.25, 0.3) is 5.56 Å². The second-order valence-electron chi connectivity index (χ2n) is 4.09. The standard InChI is InChI=1S/C10H14N2O4/c13-8-4-2-1-3-7(8)12-9(14)6(5-11-12)10(15)16/h5,7-8,11,13H,1-4H2,(H,15,16). The van der Waals surface area contributed by atoms with Crippen LogP contribution in [-0.2, 0) is 0 Å². The number of carboxylic acid groups (broad SMARTS) is 1. The maximum Gasteiger partial charge on any atom is 0.342 e. The summed E-state index contributed by atoms with van der Waals surface area (Å²) >= 11 is 0. The molecule has 1 fully saturated rings. The molecule has 0 aromatic carbocycles. The fourth-order valence-corrected chi connectivity index (χ4v) is 2.18. The first-order valence-corrected chi connectivity index (χ1v) is 5.32. The van der Waals surface area contributed by atoms with Gasteiger partial charge in [-0.1, -0.05) is 12.8 Å². The molecule has 6 heteroatoms. The number of carboxylic acids is 1. The highest BCUT2D eigenvalue weighted by molar-refractivity contribution is 5.86. The first-order chi connectivity index (χ1) is 7.61. The Hall–Kier alpha value is -1.56. The molecule has 1 aliphatic carbocycles. The summed E-state index contributed by atoms with van der Waals surface area (Å²) in [5, 5.41) is 21.1. The molecule has 1 saturated carbocycles. The van der Waals surface area contributed by atoms with E-state index in [4.69, 9.17) is 5.11 Å². The molecule has 2 rings (SSSR count). The lowest BCUT2D eigenvalue weighted by atomic mass is 9.93. The Bertz CT molecular complexity index is 448. The van der Waals surface area contributed by atoms with Crippen molar-refractivity contribution in [1.29, 1.82) is 0 Å². The normalized spacial score (nSPS) is 25.6. The predicted molar refractivity (Wildman–Crippen MR) is 55.5 cm³/mol. The van der Waals surface area contributed by atoms with Crippen LogP contribution in [0.25, 0.3) is 0 Å². The first kappa shape index (κ1) is 10.9. The highest BCUT2D eigenvalue weighted by Crippen LogP contribution is 2.26. The molecule has 0 spiro atoms. The summed E-state index contributed by atoms with van der Waals surface area (Å²) in [6, 6.07) is -0.325. The van der Waals surface area contributed by atoms with Gasteiger partial charge in [0.2, 0.25) is 0 Å². The van der Waals surface area contributed by atoms with E-state index in [1.54, 1.807) is 0 Å². The van der Waals surface area contributed by atoms with E-state index in [2.05, 4.69) is 5.10 Å². The summed E-state index contributed by atoms with van der Waals surface area (Å²) in [4.78, 5) is 22.4. The summed E-state index contributed by atoms with van der Waals surface area (Å²) < 4.78 is 1.23. The van der Waals surface area contributed by atoms with E-state index < -0.39 is 17.6 Å². The van der Waals surface area contributed by atoms with Crippen molar-refractivity contribution in [3.8, 4) is 0 Å². The Kier molecular flexibility index (Phi) is 2.82. The van der Waals surface area contributed by atoms with E-state index in [1.165, 1.54) is 10.9 Å². The Morgan fingerprint density at radius 2 is 2.12 bits per heavy atom. The lowest BCUT2D eigenvalue weighted by Gasteiger charge is -2.27. The van der Waals surface area contributed by atoms with Crippen LogP contribution < -0.4 is 5.56 Å². The molecule has 1 aliphatic rings. The van der Waals surface area contributed by atoms with Crippen LogP contribution in [0.2, 0.25) is 0 Å². The number of carbonyl (C=O) groups is 1. The van der Waals surface area contributed by atoms with Crippen LogP contribution in [0.5, 0.6) is 0 Å². The number of aliphatic hydroxyl groups is 1. The van der Waals surface area contributed by atoms with Crippen molar-refractivity contribution in [3.63, 3.8) is 0 Å². The fourth-order valence-electron chi connectivity index (χ4n) is 2.18. The van der Waals surface area contributed by atoms with Crippen molar-refractivity contribution in [3.05, 3.63) is 22.1 Å². The minimum atomic E-state index is -1.25. The molecule has 6 nitrogen and oxygen atoms in total. The molecule has 2 atom stereocenters. The van der Waals surface area contributed by atoms with Crippen LogP contribution in [0, 0.1) is 0 Å². The van der Waals surface area contributed by atoms with Gasteiger partial charge in [-0.05, 0) is 12.8 Å². The molecule has 1 aromatic heterocycles. The summed E-state index contributed by atoms with van der Waals surface area (Å²) in [5.41, 5.74) is -0.851.